The lowest BCUT2D eigenvalue weighted by atomic mass is 10.6. The molecule has 0 saturated carbocycles. The molecule has 0 aliphatic rings. The van der Waals surface area contributed by atoms with Gasteiger partial charge >= 0.3 is 0 Å². The molecule has 8 heavy (non-hydrogen) atoms. The molecule has 4 heteroatoms. The summed E-state index contributed by atoms with van der Waals surface area (Å²) in [5, 5.41) is 0. The van der Waals surface area contributed by atoms with Crippen LogP contribution in [-0.4, -0.2) is 18.7 Å². The SMILES string of the molecule is CN=C/C(S)=C\N.O. The number of thiol groups is 1. The maximum absolute atomic E-state index is 5.03. The summed E-state index contributed by atoms with van der Waals surface area (Å²) in [4.78, 5) is 4.34. The van der Waals surface area contributed by atoms with Crippen molar-refractivity contribution in [1.29, 1.82) is 0 Å². The highest BCUT2D eigenvalue weighted by Crippen LogP contribution is 1.89. The average Bonchev–Trinajstić information content (AvgIpc) is 1.68. The van der Waals surface area contributed by atoms with Gasteiger partial charge < -0.3 is 11.2 Å². The van der Waals surface area contributed by atoms with Gasteiger partial charge in [-0.15, -0.1) is 12.6 Å². The van der Waals surface area contributed by atoms with Crippen molar-refractivity contribution in [2.75, 3.05) is 7.05 Å². The van der Waals surface area contributed by atoms with Crippen molar-refractivity contribution < 1.29 is 5.48 Å². The molecule has 0 aliphatic carbocycles. The van der Waals surface area contributed by atoms with Gasteiger partial charge in [-0.05, 0) is 0 Å². The van der Waals surface area contributed by atoms with Crippen LogP contribution in [0, 0.1) is 0 Å². The summed E-state index contributed by atoms with van der Waals surface area (Å²) in [5.74, 6) is 0. The van der Waals surface area contributed by atoms with E-state index in [0.29, 0.717) is 4.91 Å². The Morgan fingerprint density at radius 1 is 1.75 bits per heavy atom. The fraction of sp³-hybridized carbons (Fsp3) is 0.250. The van der Waals surface area contributed by atoms with Crippen LogP contribution in [0.3, 0.4) is 0 Å². The van der Waals surface area contributed by atoms with Crippen molar-refractivity contribution in [3.05, 3.63) is 11.1 Å². The number of nitrogens with two attached hydrogens (primary N) is 1. The topological polar surface area (TPSA) is 69.9 Å². The van der Waals surface area contributed by atoms with Crippen LogP contribution in [0.5, 0.6) is 0 Å². The van der Waals surface area contributed by atoms with Crippen molar-refractivity contribution in [2.45, 2.75) is 0 Å². The molecule has 0 aliphatic heterocycles. The second-order valence-electron chi connectivity index (χ2n) is 0.979. The number of hydrogen-bond donors (Lipinski definition) is 2. The normalized spacial score (nSPS) is 11.5. The van der Waals surface area contributed by atoms with Crippen molar-refractivity contribution in [2.24, 2.45) is 10.7 Å². The Morgan fingerprint density at radius 2 is 2.25 bits per heavy atom. The molecule has 3 nitrogen and oxygen atoms in total. The number of hydrogen-bond acceptors (Lipinski definition) is 3. The van der Waals surface area contributed by atoms with E-state index >= 15 is 0 Å². The van der Waals surface area contributed by atoms with E-state index in [9.17, 15) is 0 Å². The van der Waals surface area contributed by atoms with E-state index in [-0.39, 0.29) is 5.48 Å². The van der Waals surface area contributed by atoms with E-state index in [1.165, 1.54) is 6.20 Å². The van der Waals surface area contributed by atoms with Crippen LogP contribution in [0.4, 0.5) is 0 Å². The van der Waals surface area contributed by atoms with Gasteiger partial charge in [0.05, 0.1) is 0 Å². The molecule has 0 heterocycles. The molecule has 0 aromatic heterocycles. The first-order valence-electron chi connectivity index (χ1n) is 1.84. The molecule has 0 bridgehead atoms. The maximum atomic E-state index is 5.03. The fourth-order valence-electron chi connectivity index (χ4n) is 0.175. The Bertz CT molecular complexity index is 100. The van der Waals surface area contributed by atoms with Gasteiger partial charge in [-0.1, -0.05) is 0 Å². The number of nitrogens with zero attached hydrogens (tertiary/aromatic N) is 1. The molecule has 0 spiro atoms. The molecule has 0 aromatic rings. The van der Waals surface area contributed by atoms with Crippen molar-refractivity contribution >= 4 is 18.8 Å². The van der Waals surface area contributed by atoms with Crippen molar-refractivity contribution in [1.82, 2.24) is 0 Å². The van der Waals surface area contributed by atoms with Crippen LogP contribution in [0.1, 0.15) is 0 Å². The van der Waals surface area contributed by atoms with Gasteiger partial charge in [0.1, 0.15) is 0 Å². The van der Waals surface area contributed by atoms with Gasteiger partial charge in [-0.2, -0.15) is 0 Å². The van der Waals surface area contributed by atoms with E-state index < -0.39 is 0 Å². The summed E-state index contributed by atoms with van der Waals surface area (Å²) in [6.07, 6.45) is 2.96. The quantitative estimate of drug-likeness (QED) is 0.371. The van der Waals surface area contributed by atoms with E-state index in [4.69, 9.17) is 5.73 Å². The van der Waals surface area contributed by atoms with Crippen LogP contribution in [0.25, 0.3) is 0 Å². The Kier molecular flexibility index (Phi) is 8.55. The minimum atomic E-state index is 0. The zero-order valence-electron chi connectivity index (χ0n) is 4.63. The molecule has 0 amide bonds. The molecule has 0 atom stereocenters. The van der Waals surface area contributed by atoms with E-state index in [0.717, 1.165) is 0 Å². The predicted molar refractivity (Wildman–Crippen MR) is 39.3 cm³/mol. The molecule has 0 rings (SSSR count). The second-order valence-corrected chi connectivity index (χ2v) is 1.50. The van der Waals surface area contributed by atoms with Crippen LogP contribution in [-0.2, 0) is 0 Å². The van der Waals surface area contributed by atoms with Crippen LogP contribution < -0.4 is 5.73 Å². The van der Waals surface area contributed by atoms with Gasteiger partial charge in [-0.25, -0.2) is 0 Å². The Labute approximate surface area is 54.0 Å². The minimum Gasteiger partial charge on any atom is -0.412 e. The summed E-state index contributed by atoms with van der Waals surface area (Å²) in [7, 11) is 1.67. The average molecular weight is 134 g/mol. The first kappa shape index (κ1) is 10.5. The second kappa shape index (κ2) is 6.52. The lowest BCUT2D eigenvalue weighted by Gasteiger charge is -1.79. The lowest BCUT2D eigenvalue weighted by Crippen LogP contribution is -1.81. The summed E-state index contributed by atoms with van der Waals surface area (Å²) in [6.45, 7) is 0. The third kappa shape index (κ3) is 5.52. The molecule has 0 radical (unpaired) electrons. The van der Waals surface area contributed by atoms with Crippen molar-refractivity contribution in [3.8, 4) is 0 Å². The first-order chi connectivity index (χ1) is 3.31. The molecule has 48 valence electrons. The largest absolute Gasteiger partial charge is 0.412 e. The van der Waals surface area contributed by atoms with Gasteiger partial charge in [-0.3, -0.25) is 4.99 Å². The van der Waals surface area contributed by atoms with E-state index in [1.54, 1.807) is 13.3 Å². The number of allylic oxidation sites excluding steroid dienone is 1. The number of aliphatic imine (C=N–C) groups is 1. The van der Waals surface area contributed by atoms with Gasteiger partial charge in [0.15, 0.2) is 0 Å². The smallest absolute Gasteiger partial charge is 0.0374 e. The molecular weight excluding hydrogens is 124 g/mol. The zero-order valence-corrected chi connectivity index (χ0v) is 5.52. The lowest BCUT2D eigenvalue weighted by molar-refractivity contribution is 0.824. The van der Waals surface area contributed by atoms with Crippen LogP contribution >= 0.6 is 12.6 Å². The van der Waals surface area contributed by atoms with Gasteiger partial charge in [0, 0.05) is 24.4 Å². The Morgan fingerprint density at radius 3 is 2.38 bits per heavy atom. The monoisotopic (exact) mass is 134 g/mol. The fourth-order valence-corrected chi connectivity index (χ4v) is 0.291. The highest BCUT2D eigenvalue weighted by atomic mass is 32.1. The molecule has 0 unspecified atom stereocenters. The van der Waals surface area contributed by atoms with E-state index in [2.05, 4.69) is 17.6 Å². The summed E-state index contributed by atoms with van der Waals surface area (Å²) >= 11 is 3.90. The molecule has 0 fully saturated rings. The standard InChI is InChI=1S/C4H8N2S.H2O/c1-6-3-4(7)2-5;/h2-3,7H,5H2,1H3;1H2/b4-2+,6-3?;. The summed E-state index contributed by atoms with van der Waals surface area (Å²) in [5.41, 5.74) is 5.03. The predicted octanol–water partition coefficient (Wildman–Crippen LogP) is -0.408. The highest BCUT2D eigenvalue weighted by molar-refractivity contribution is 7.85. The Balaban J connectivity index is 0. The minimum absolute atomic E-state index is 0. The van der Waals surface area contributed by atoms with Crippen LogP contribution in [0.2, 0.25) is 0 Å². The third-order valence-electron chi connectivity index (χ3n) is 0.432. The zero-order chi connectivity index (χ0) is 5.70. The van der Waals surface area contributed by atoms with Gasteiger partial charge in [0.2, 0.25) is 0 Å². The summed E-state index contributed by atoms with van der Waals surface area (Å²) < 4.78 is 0. The summed E-state index contributed by atoms with van der Waals surface area (Å²) in [6, 6.07) is 0. The third-order valence-corrected chi connectivity index (χ3v) is 0.697. The molecule has 0 saturated heterocycles. The first-order valence-corrected chi connectivity index (χ1v) is 2.29. The Hall–Kier alpha value is -0.480. The molecule has 0 aromatic carbocycles. The molecule has 4 N–H and O–H groups in total. The van der Waals surface area contributed by atoms with Crippen molar-refractivity contribution in [3.63, 3.8) is 0 Å². The van der Waals surface area contributed by atoms with Crippen LogP contribution in [0.15, 0.2) is 16.1 Å². The van der Waals surface area contributed by atoms with E-state index in [1.807, 2.05) is 0 Å². The molecular formula is C4H10N2OS. The van der Waals surface area contributed by atoms with Gasteiger partial charge in [0.25, 0.3) is 0 Å². The maximum Gasteiger partial charge on any atom is 0.0374 e. The highest BCUT2D eigenvalue weighted by Gasteiger charge is 1.73. The number of rotatable bonds is 1.